The van der Waals surface area contributed by atoms with Crippen molar-refractivity contribution in [3.63, 3.8) is 0 Å². The number of hydrogen-bond acceptors (Lipinski definition) is 4. The molecule has 1 aliphatic heterocycles. The van der Waals surface area contributed by atoms with E-state index < -0.39 is 0 Å². The van der Waals surface area contributed by atoms with Gasteiger partial charge in [0, 0.05) is 29.9 Å². The zero-order chi connectivity index (χ0) is 13.1. The molecule has 1 aromatic carbocycles. The van der Waals surface area contributed by atoms with Gasteiger partial charge in [0.15, 0.2) is 0 Å². The van der Waals surface area contributed by atoms with Crippen LogP contribution in [-0.2, 0) is 14.9 Å². The summed E-state index contributed by atoms with van der Waals surface area (Å²) in [6.45, 7) is 1.30. The van der Waals surface area contributed by atoms with Gasteiger partial charge >= 0.3 is 0 Å². The van der Waals surface area contributed by atoms with Crippen LogP contribution in [0.1, 0.15) is 17.7 Å². The highest BCUT2D eigenvalue weighted by Crippen LogP contribution is 2.38. The molecule has 0 spiro atoms. The molecule has 0 atom stereocenters. The maximum absolute atomic E-state index is 11.6. The Labute approximate surface area is 116 Å². The summed E-state index contributed by atoms with van der Waals surface area (Å²) in [5.41, 5.74) is 0.718. The van der Waals surface area contributed by atoms with E-state index in [1.807, 2.05) is 36.5 Å². The lowest BCUT2D eigenvalue weighted by Gasteiger charge is -2.30. The maximum atomic E-state index is 11.6. The lowest BCUT2D eigenvalue weighted by molar-refractivity contribution is -0.115. The monoisotopic (exact) mass is 273 g/mol. The SMILES string of the molecule is O=CC1(c2cnc(-c3ccccc3)s2)CCOCC1. The van der Waals surface area contributed by atoms with Gasteiger partial charge in [-0.3, -0.25) is 0 Å². The summed E-state index contributed by atoms with van der Waals surface area (Å²) < 4.78 is 5.36. The second kappa shape index (κ2) is 5.23. The molecule has 3 rings (SSSR count). The third kappa shape index (κ3) is 2.33. The number of benzene rings is 1. The number of thiazole rings is 1. The van der Waals surface area contributed by atoms with Crippen molar-refractivity contribution in [2.75, 3.05) is 13.2 Å². The van der Waals surface area contributed by atoms with Gasteiger partial charge in [-0.2, -0.15) is 0 Å². The first-order valence-electron chi connectivity index (χ1n) is 6.40. The van der Waals surface area contributed by atoms with E-state index in [9.17, 15) is 4.79 Å². The third-order valence-corrected chi connectivity index (χ3v) is 4.89. The number of ether oxygens (including phenoxy) is 1. The van der Waals surface area contributed by atoms with Crippen LogP contribution in [0.15, 0.2) is 36.5 Å². The Morgan fingerprint density at radius 2 is 1.95 bits per heavy atom. The molecule has 0 aliphatic carbocycles. The van der Waals surface area contributed by atoms with Gasteiger partial charge in [-0.15, -0.1) is 11.3 Å². The molecule has 2 heterocycles. The van der Waals surface area contributed by atoms with E-state index in [1.165, 1.54) is 0 Å². The van der Waals surface area contributed by atoms with Crippen LogP contribution in [0.4, 0.5) is 0 Å². The van der Waals surface area contributed by atoms with Crippen LogP contribution in [0.2, 0.25) is 0 Å². The van der Waals surface area contributed by atoms with Crippen LogP contribution in [0.25, 0.3) is 10.6 Å². The van der Waals surface area contributed by atoms with Crippen molar-refractivity contribution >= 4 is 17.6 Å². The number of carbonyl (C=O) groups excluding carboxylic acids is 1. The second-order valence-corrected chi connectivity index (χ2v) is 5.81. The molecule has 2 aromatic rings. The molecule has 1 aromatic heterocycles. The Balaban J connectivity index is 1.94. The Kier molecular flexibility index (Phi) is 3.44. The summed E-state index contributed by atoms with van der Waals surface area (Å²) in [4.78, 5) is 17.1. The summed E-state index contributed by atoms with van der Waals surface area (Å²) in [5, 5.41) is 0.975. The summed E-state index contributed by atoms with van der Waals surface area (Å²) in [5.74, 6) is 0. The molecule has 0 N–H and O–H groups in total. The van der Waals surface area contributed by atoms with E-state index in [0.717, 1.165) is 34.6 Å². The summed E-state index contributed by atoms with van der Waals surface area (Å²) >= 11 is 1.62. The van der Waals surface area contributed by atoms with E-state index in [4.69, 9.17) is 4.74 Å². The van der Waals surface area contributed by atoms with Gasteiger partial charge in [0.1, 0.15) is 11.3 Å². The summed E-state index contributed by atoms with van der Waals surface area (Å²) in [6, 6.07) is 10.1. The first kappa shape index (κ1) is 12.5. The quantitative estimate of drug-likeness (QED) is 0.807. The van der Waals surface area contributed by atoms with Gasteiger partial charge in [0.25, 0.3) is 0 Å². The zero-order valence-corrected chi connectivity index (χ0v) is 11.4. The first-order chi connectivity index (χ1) is 9.34. The minimum absolute atomic E-state index is 0.386. The van der Waals surface area contributed by atoms with E-state index >= 15 is 0 Å². The molecule has 98 valence electrons. The topological polar surface area (TPSA) is 39.2 Å². The molecular formula is C15H15NO2S. The molecule has 0 bridgehead atoms. The third-order valence-electron chi connectivity index (χ3n) is 3.63. The lowest BCUT2D eigenvalue weighted by atomic mass is 9.81. The Hall–Kier alpha value is -1.52. The fraction of sp³-hybridized carbons (Fsp3) is 0.333. The van der Waals surface area contributed by atoms with Crippen LogP contribution in [0.3, 0.4) is 0 Å². The maximum Gasteiger partial charge on any atom is 0.131 e. The van der Waals surface area contributed by atoms with Gasteiger partial charge in [-0.25, -0.2) is 4.98 Å². The van der Waals surface area contributed by atoms with Crippen LogP contribution in [0, 0.1) is 0 Å². The van der Waals surface area contributed by atoms with Crippen molar-refractivity contribution in [1.29, 1.82) is 0 Å². The van der Waals surface area contributed by atoms with Crippen LogP contribution >= 0.6 is 11.3 Å². The fourth-order valence-corrected chi connectivity index (χ4v) is 3.51. The van der Waals surface area contributed by atoms with Crippen molar-refractivity contribution in [2.45, 2.75) is 18.3 Å². The second-order valence-electron chi connectivity index (χ2n) is 4.78. The molecule has 0 amide bonds. The van der Waals surface area contributed by atoms with Crippen LogP contribution in [-0.4, -0.2) is 24.5 Å². The van der Waals surface area contributed by atoms with Gasteiger partial charge < -0.3 is 9.53 Å². The number of aldehydes is 1. The van der Waals surface area contributed by atoms with E-state index in [-0.39, 0.29) is 5.41 Å². The molecule has 0 radical (unpaired) electrons. The first-order valence-corrected chi connectivity index (χ1v) is 7.21. The molecule has 3 nitrogen and oxygen atoms in total. The fourth-order valence-electron chi connectivity index (χ4n) is 2.38. The minimum atomic E-state index is -0.386. The normalized spacial score (nSPS) is 18.1. The molecule has 4 heteroatoms. The average Bonchev–Trinajstić information content (AvgIpc) is 2.99. The highest BCUT2D eigenvalue weighted by molar-refractivity contribution is 7.15. The molecule has 1 aliphatic rings. The molecule has 0 unspecified atom stereocenters. The zero-order valence-electron chi connectivity index (χ0n) is 10.5. The number of aromatic nitrogens is 1. The summed E-state index contributed by atoms with van der Waals surface area (Å²) in [7, 11) is 0. The van der Waals surface area contributed by atoms with Gasteiger partial charge in [0.05, 0.1) is 5.41 Å². The van der Waals surface area contributed by atoms with Crippen molar-refractivity contribution in [3.05, 3.63) is 41.4 Å². The molecule has 1 fully saturated rings. The molecular weight excluding hydrogens is 258 g/mol. The van der Waals surface area contributed by atoms with Crippen molar-refractivity contribution < 1.29 is 9.53 Å². The lowest BCUT2D eigenvalue weighted by Crippen LogP contribution is -2.34. The number of rotatable bonds is 3. The van der Waals surface area contributed by atoms with Gasteiger partial charge in [-0.05, 0) is 12.8 Å². The van der Waals surface area contributed by atoms with Crippen molar-refractivity contribution in [3.8, 4) is 10.6 Å². The van der Waals surface area contributed by atoms with E-state index in [1.54, 1.807) is 11.3 Å². The smallest absolute Gasteiger partial charge is 0.131 e. The Morgan fingerprint density at radius 1 is 1.21 bits per heavy atom. The van der Waals surface area contributed by atoms with Gasteiger partial charge in [0.2, 0.25) is 0 Å². The number of carbonyl (C=O) groups is 1. The van der Waals surface area contributed by atoms with E-state index in [0.29, 0.717) is 13.2 Å². The van der Waals surface area contributed by atoms with Crippen molar-refractivity contribution in [1.82, 2.24) is 4.98 Å². The highest BCUT2D eigenvalue weighted by atomic mass is 32.1. The molecule has 1 saturated heterocycles. The number of nitrogens with zero attached hydrogens (tertiary/aromatic N) is 1. The largest absolute Gasteiger partial charge is 0.381 e. The highest BCUT2D eigenvalue weighted by Gasteiger charge is 2.36. The average molecular weight is 273 g/mol. The Morgan fingerprint density at radius 3 is 2.63 bits per heavy atom. The van der Waals surface area contributed by atoms with E-state index in [2.05, 4.69) is 4.98 Å². The molecule has 0 saturated carbocycles. The van der Waals surface area contributed by atoms with Crippen LogP contribution in [0.5, 0.6) is 0 Å². The molecule has 19 heavy (non-hydrogen) atoms. The number of hydrogen-bond donors (Lipinski definition) is 0. The van der Waals surface area contributed by atoms with Gasteiger partial charge in [-0.1, -0.05) is 30.3 Å². The minimum Gasteiger partial charge on any atom is -0.381 e. The van der Waals surface area contributed by atoms with Crippen molar-refractivity contribution in [2.24, 2.45) is 0 Å². The van der Waals surface area contributed by atoms with Crippen LogP contribution < -0.4 is 0 Å². The predicted octanol–water partition coefficient (Wildman–Crippen LogP) is 3.06. The Bertz CT molecular complexity index is 559. The standard InChI is InChI=1S/C15H15NO2S/c17-11-15(6-8-18-9-7-15)13-10-16-14(19-13)12-4-2-1-3-5-12/h1-5,10-11H,6-9H2. The predicted molar refractivity (Wildman–Crippen MR) is 75.3 cm³/mol. The summed E-state index contributed by atoms with van der Waals surface area (Å²) in [6.07, 6.45) is 4.45.